The Morgan fingerprint density at radius 2 is 1.08 bits per heavy atom. The summed E-state index contributed by atoms with van der Waals surface area (Å²) in [5.74, 6) is -0.694. The van der Waals surface area contributed by atoms with E-state index in [0.29, 0.717) is 12.3 Å². The van der Waals surface area contributed by atoms with Crippen LogP contribution in [-0.4, -0.2) is 22.3 Å². The summed E-state index contributed by atoms with van der Waals surface area (Å²) in [6.07, 6.45) is 18.0. The number of aliphatic hydroxyl groups excluding tert-OH is 1. The number of hydrogen-bond donors (Lipinski definition) is 2. The quantitative estimate of drug-likeness (QED) is 0.286. The average molecular weight is 343 g/mol. The molecule has 0 aliphatic carbocycles. The van der Waals surface area contributed by atoms with Gasteiger partial charge in [-0.15, -0.1) is 0 Å². The standard InChI is InChI=1S/C21H42O3/c1-3-5-7-9-11-13-15-17-19(18-20(22)21(23)24)16-14-12-10-8-6-4-2/h19-20,22H,3-18H2,1-2H3,(H,23,24). The Morgan fingerprint density at radius 1 is 0.708 bits per heavy atom. The first kappa shape index (κ1) is 23.4. The first-order valence-electron chi connectivity index (χ1n) is 10.5. The Labute approximate surface area is 150 Å². The molecule has 0 heterocycles. The number of carbonyl (C=O) groups is 1. The van der Waals surface area contributed by atoms with E-state index in [1.807, 2.05) is 0 Å². The van der Waals surface area contributed by atoms with Crippen molar-refractivity contribution in [2.24, 2.45) is 5.92 Å². The van der Waals surface area contributed by atoms with Crippen molar-refractivity contribution in [3.63, 3.8) is 0 Å². The molecule has 0 radical (unpaired) electrons. The predicted octanol–water partition coefficient (Wildman–Crippen LogP) is 6.33. The van der Waals surface area contributed by atoms with Gasteiger partial charge in [0.2, 0.25) is 0 Å². The fourth-order valence-electron chi connectivity index (χ4n) is 3.40. The summed E-state index contributed by atoms with van der Waals surface area (Å²) in [6, 6.07) is 0. The largest absolute Gasteiger partial charge is 0.479 e. The fourth-order valence-corrected chi connectivity index (χ4v) is 3.40. The number of aliphatic carboxylic acids is 1. The summed E-state index contributed by atoms with van der Waals surface area (Å²) in [6.45, 7) is 4.46. The maximum absolute atomic E-state index is 10.9. The minimum Gasteiger partial charge on any atom is -0.479 e. The highest BCUT2D eigenvalue weighted by atomic mass is 16.4. The second-order valence-corrected chi connectivity index (χ2v) is 7.42. The van der Waals surface area contributed by atoms with E-state index in [0.717, 1.165) is 12.8 Å². The van der Waals surface area contributed by atoms with E-state index in [4.69, 9.17) is 5.11 Å². The molecule has 2 atom stereocenters. The predicted molar refractivity (Wildman–Crippen MR) is 102 cm³/mol. The minimum atomic E-state index is -1.18. The number of rotatable bonds is 18. The van der Waals surface area contributed by atoms with Crippen LogP contribution in [0.1, 0.15) is 117 Å². The van der Waals surface area contributed by atoms with Crippen molar-refractivity contribution in [2.75, 3.05) is 0 Å². The van der Waals surface area contributed by atoms with E-state index in [1.165, 1.54) is 83.5 Å². The minimum absolute atomic E-state index is 0.373. The van der Waals surface area contributed by atoms with Gasteiger partial charge < -0.3 is 10.2 Å². The summed E-state index contributed by atoms with van der Waals surface area (Å²) in [5.41, 5.74) is 0. The van der Waals surface area contributed by atoms with Crippen LogP contribution in [0.4, 0.5) is 0 Å². The third-order valence-corrected chi connectivity index (χ3v) is 5.02. The number of aliphatic hydroxyl groups is 1. The van der Waals surface area contributed by atoms with Gasteiger partial charge in [0.25, 0.3) is 0 Å². The third kappa shape index (κ3) is 15.0. The highest BCUT2D eigenvalue weighted by molar-refractivity contribution is 5.71. The average Bonchev–Trinajstić information content (AvgIpc) is 2.56. The lowest BCUT2D eigenvalue weighted by atomic mass is 9.89. The molecular formula is C21H42O3. The molecule has 0 aliphatic heterocycles. The van der Waals surface area contributed by atoms with Crippen LogP contribution in [0.5, 0.6) is 0 Å². The van der Waals surface area contributed by atoms with Gasteiger partial charge in [-0.25, -0.2) is 4.79 Å². The van der Waals surface area contributed by atoms with Crippen LogP contribution in [-0.2, 0) is 4.79 Å². The molecule has 3 nitrogen and oxygen atoms in total. The van der Waals surface area contributed by atoms with Crippen molar-refractivity contribution in [1.82, 2.24) is 0 Å². The van der Waals surface area contributed by atoms with Gasteiger partial charge in [-0.1, -0.05) is 110 Å². The van der Waals surface area contributed by atoms with Gasteiger partial charge in [0.15, 0.2) is 6.10 Å². The van der Waals surface area contributed by atoms with Crippen LogP contribution in [0.15, 0.2) is 0 Å². The Kier molecular flexibility index (Phi) is 16.8. The molecule has 0 aromatic rings. The van der Waals surface area contributed by atoms with Crippen molar-refractivity contribution in [1.29, 1.82) is 0 Å². The van der Waals surface area contributed by atoms with Gasteiger partial charge in [0, 0.05) is 0 Å². The van der Waals surface area contributed by atoms with Crippen LogP contribution in [0.25, 0.3) is 0 Å². The lowest BCUT2D eigenvalue weighted by Gasteiger charge is -2.18. The molecule has 0 rings (SSSR count). The van der Waals surface area contributed by atoms with Crippen molar-refractivity contribution in [3.05, 3.63) is 0 Å². The Balaban J connectivity index is 3.89. The smallest absolute Gasteiger partial charge is 0.332 e. The van der Waals surface area contributed by atoms with E-state index >= 15 is 0 Å². The number of hydrogen-bond acceptors (Lipinski definition) is 2. The lowest BCUT2D eigenvalue weighted by molar-refractivity contribution is -0.147. The molecule has 0 aromatic carbocycles. The summed E-state index contributed by atoms with van der Waals surface area (Å²) in [7, 11) is 0. The van der Waals surface area contributed by atoms with Gasteiger partial charge in [-0.05, 0) is 12.3 Å². The third-order valence-electron chi connectivity index (χ3n) is 5.02. The van der Waals surface area contributed by atoms with Gasteiger partial charge in [0.05, 0.1) is 0 Å². The molecule has 0 aliphatic rings. The van der Waals surface area contributed by atoms with Crippen molar-refractivity contribution in [2.45, 2.75) is 123 Å². The maximum atomic E-state index is 10.9. The summed E-state index contributed by atoms with van der Waals surface area (Å²) in [5, 5.41) is 18.6. The molecule has 0 aromatic heterocycles. The van der Waals surface area contributed by atoms with Crippen molar-refractivity contribution in [3.8, 4) is 0 Å². The maximum Gasteiger partial charge on any atom is 0.332 e. The molecule has 0 spiro atoms. The van der Waals surface area contributed by atoms with Gasteiger partial charge in [-0.3, -0.25) is 0 Å². The molecule has 0 saturated carbocycles. The lowest BCUT2D eigenvalue weighted by Crippen LogP contribution is -2.23. The molecule has 144 valence electrons. The zero-order valence-electron chi connectivity index (χ0n) is 16.3. The summed E-state index contributed by atoms with van der Waals surface area (Å²) in [4.78, 5) is 10.9. The number of carboxylic acids is 1. The molecule has 0 amide bonds. The van der Waals surface area contributed by atoms with Gasteiger partial charge >= 0.3 is 5.97 Å². The second-order valence-electron chi connectivity index (χ2n) is 7.42. The Bertz CT molecular complexity index is 278. The van der Waals surface area contributed by atoms with Crippen molar-refractivity contribution < 1.29 is 15.0 Å². The first-order chi connectivity index (χ1) is 11.6. The topological polar surface area (TPSA) is 57.5 Å². The molecule has 0 bridgehead atoms. The van der Waals surface area contributed by atoms with E-state index in [1.54, 1.807) is 0 Å². The van der Waals surface area contributed by atoms with Crippen LogP contribution < -0.4 is 0 Å². The highest BCUT2D eigenvalue weighted by Gasteiger charge is 2.19. The monoisotopic (exact) mass is 342 g/mol. The zero-order valence-corrected chi connectivity index (χ0v) is 16.3. The van der Waals surface area contributed by atoms with E-state index in [-0.39, 0.29) is 0 Å². The molecular weight excluding hydrogens is 300 g/mol. The van der Waals surface area contributed by atoms with E-state index in [2.05, 4.69) is 13.8 Å². The number of unbranched alkanes of at least 4 members (excludes halogenated alkanes) is 11. The van der Waals surface area contributed by atoms with Crippen LogP contribution >= 0.6 is 0 Å². The van der Waals surface area contributed by atoms with Crippen LogP contribution in [0, 0.1) is 5.92 Å². The van der Waals surface area contributed by atoms with E-state index < -0.39 is 12.1 Å². The molecule has 2 N–H and O–H groups in total. The normalized spacial score (nSPS) is 13.8. The molecule has 24 heavy (non-hydrogen) atoms. The Hall–Kier alpha value is -0.570. The first-order valence-corrected chi connectivity index (χ1v) is 10.5. The SMILES string of the molecule is CCCCCCCCCC(CCCCCCCC)CC(O)C(=O)O. The van der Waals surface area contributed by atoms with Crippen molar-refractivity contribution >= 4 is 5.97 Å². The molecule has 2 unspecified atom stereocenters. The fraction of sp³-hybridized carbons (Fsp3) is 0.952. The van der Waals surface area contributed by atoms with Gasteiger partial charge in [0.1, 0.15) is 0 Å². The highest BCUT2D eigenvalue weighted by Crippen LogP contribution is 2.23. The van der Waals surface area contributed by atoms with E-state index in [9.17, 15) is 9.90 Å². The molecule has 0 fully saturated rings. The molecule has 0 saturated heterocycles. The van der Waals surface area contributed by atoms with Crippen LogP contribution in [0.3, 0.4) is 0 Å². The van der Waals surface area contributed by atoms with Crippen LogP contribution in [0.2, 0.25) is 0 Å². The second kappa shape index (κ2) is 17.3. The van der Waals surface area contributed by atoms with Gasteiger partial charge in [-0.2, -0.15) is 0 Å². The number of carboxylic acid groups (broad SMARTS) is 1. The molecule has 3 heteroatoms. The zero-order chi connectivity index (χ0) is 18.0. The summed E-state index contributed by atoms with van der Waals surface area (Å²) < 4.78 is 0. The Morgan fingerprint density at radius 3 is 1.46 bits per heavy atom. The summed E-state index contributed by atoms with van der Waals surface area (Å²) >= 11 is 0.